The number of nitrogens with zero attached hydrogens (tertiary/aromatic N) is 1. The minimum atomic E-state index is -0.471. The van der Waals surface area contributed by atoms with E-state index in [1.807, 2.05) is 24.3 Å². The van der Waals surface area contributed by atoms with Gasteiger partial charge in [-0.25, -0.2) is 0 Å². The molecule has 2 aromatic rings. The Hall–Kier alpha value is -2.30. The van der Waals surface area contributed by atoms with Crippen LogP contribution in [0.1, 0.15) is 54.1 Å². The van der Waals surface area contributed by atoms with Gasteiger partial charge in [-0.3, -0.25) is 4.79 Å². The van der Waals surface area contributed by atoms with Crippen LogP contribution in [0.4, 0.5) is 5.69 Å². The molecule has 4 atom stereocenters. The molecule has 4 nitrogen and oxygen atoms in total. The molecule has 1 aliphatic heterocycles. The fraction of sp³-hybridized carbons (Fsp3) is 0.464. The molecule has 1 fully saturated rings. The second kappa shape index (κ2) is 8.81. The fourth-order valence-corrected chi connectivity index (χ4v) is 6.26. The lowest BCUT2D eigenvalue weighted by Crippen LogP contribution is -2.49. The molecule has 5 rings (SSSR count). The summed E-state index contributed by atoms with van der Waals surface area (Å²) in [6.45, 7) is 7.66. The maximum absolute atomic E-state index is 12.2. The van der Waals surface area contributed by atoms with Crippen molar-refractivity contribution >= 4 is 23.1 Å². The first-order valence-electron chi connectivity index (χ1n) is 12.0. The number of hydrogen-bond acceptors (Lipinski definition) is 4. The van der Waals surface area contributed by atoms with Crippen LogP contribution in [0.25, 0.3) is 0 Å². The van der Waals surface area contributed by atoms with E-state index in [4.69, 9.17) is 16.3 Å². The molecule has 174 valence electrons. The highest BCUT2D eigenvalue weighted by Gasteiger charge is 2.44. The topological polar surface area (TPSA) is 49.8 Å². The number of carbonyl (C=O) groups is 1. The van der Waals surface area contributed by atoms with E-state index in [-0.39, 0.29) is 17.1 Å². The van der Waals surface area contributed by atoms with E-state index in [2.05, 4.69) is 23.6 Å². The summed E-state index contributed by atoms with van der Waals surface area (Å²) in [6, 6.07) is 12.1. The minimum absolute atomic E-state index is 0.0537. The lowest BCUT2D eigenvalue weighted by atomic mass is 9.68. The predicted molar refractivity (Wildman–Crippen MR) is 133 cm³/mol. The van der Waals surface area contributed by atoms with Crippen LogP contribution in [0.2, 0.25) is 5.02 Å². The van der Waals surface area contributed by atoms with Crippen molar-refractivity contribution in [1.29, 1.82) is 0 Å². The summed E-state index contributed by atoms with van der Waals surface area (Å²) in [5, 5.41) is 11.2. The Bertz CT molecular complexity index is 1080. The SMILES string of the molecule is C=C[C@H](O)[C@@H]1CC[C@H]1CN1C[C@@]2(CCCc3cc(Cl)ccc32)COc2ccc(C(C)=O)cc21. The molecule has 0 unspecified atom stereocenters. The van der Waals surface area contributed by atoms with Gasteiger partial charge in [0.15, 0.2) is 5.78 Å². The van der Waals surface area contributed by atoms with Crippen molar-refractivity contribution in [3.63, 3.8) is 0 Å². The van der Waals surface area contributed by atoms with Gasteiger partial charge < -0.3 is 14.7 Å². The second-order valence-electron chi connectivity index (χ2n) is 10.1. The minimum Gasteiger partial charge on any atom is -0.490 e. The Balaban J connectivity index is 1.55. The van der Waals surface area contributed by atoms with Gasteiger partial charge in [0.1, 0.15) is 5.75 Å². The fourth-order valence-electron chi connectivity index (χ4n) is 6.06. The molecule has 0 radical (unpaired) electrons. The number of fused-ring (bicyclic) bond motifs is 3. The Kier molecular flexibility index (Phi) is 6.00. The summed E-state index contributed by atoms with van der Waals surface area (Å²) in [6.07, 6.45) is 6.49. The van der Waals surface area contributed by atoms with Gasteiger partial charge in [-0.05, 0) is 92.3 Å². The van der Waals surface area contributed by atoms with Crippen molar-refractivity contribution in [2.75, 3.05) is 24.6 Å². The van der Waals surface area contributed by atoms with Gasteiger partial charge in [-0.15, -0.1) is 6.58 Å². The quantitative estimate of drug-likeness (QED) is 0.462. The van der Waals surface area contributed by atoms with E-state index in [1.54, 1.807) is 13.0 Å². The first-order chi connectivity index (χ1) is 15.9. The highest BCUT2D eigenvalue weighted by atomic mass is 35.5. The highest BCUT2D eigenvalue weighted by molar-refractivity contribution is 6.30. The first-order valence-corrected chi connectivity index (χ1v) is 12.4. The van der Waals surface area contributed by atoms with Crippen molar-refractivity contribution < 1.29 is 14.6 Å². The number of ketones is 1. The lowest BCUT2D eigenvalue weighted by Gasteiger charge is -2.45. The van der Waals surface area contributed by atoms with Gasteiger partial charge in [0.2, 0.25) is 0 Å². The van der Waals surface area contributed by atoms with Crippen LogP contribution in [0, 0.1) is 11.8 Å². The van der Waals surface area contributed by atoms with Crippen molar-refractivity contribution in [3.8, 4) is 5.75 Å². The zero-order valence-electron chi connectivity index (χ0n) is 19.2. The molecule has 3 aliphatic rings. The summed E-state index contributed by atoms with van der Waals surface area (Å²) in [5.74, 6) is 1.51. The molecule has 2 aliphatic carbocycles. The smallest absolute Gasteiger partial charge is 0.159 e. The van der Waals surface area contributed by atoms with Gasteiger partial charge >= 0.3 is 0 Å². The molecule has 0 aromatic heterocycles. The van der Waals surface area contributed by atoms with Gasteiger partial charge in [0.05, 0.1) is 18.4 Å². The third kappa shape index (κ3) is 4.08. The number of ether oxygens (including phenoxy) is 1. The molecular formula is C28H32ClNO3. The number of halogens is 1. The average Bonchev–Trinajstić information content (AvgIpc) is 2.93. The highest BCUT2D eigenvalue weighted by Crippen LogP contribution is 2.46. The van der Waals surface area contributed by atoms with Crippen molar-refractivity contribution in [2.24, 2.45) is 11.8 Å². The summed E-state index contributed by atoms with van der Waals surface area (Å²) in [4.78, 5) is 14.6. The molecule has 5 heteroatoms. The number of carbonyl (C=O) groups excluding carboxylic acids is 1. The Morgan fingerprint density at radius 1 is 1.33 bits per heavy atom. The molecule has 2 aromatic carbocycles. The Labute approximate surface area is 201 Å². The molecule has 0 bridgehead atoms. The van der Waals surface area contributed by atoms with Crippen LogP contribution in [-0.2, 0) is 11.8 Å². The number of benzene rings is 2. The molecule has 33 heavy (non-hydrogen) atoms. The van der Waals surface area contributed by atoms with E-state index >= 15 is 0 Å². The second-order valence-corrected chi connectivity index (χ2v) is 10.5. The molecule has 0 amide bonds. The summed E-state index contributed by atoms with van der Waals surface area (Å²) in [7, 11) is 0. The third-order valence-electron chi connectivity index (χ3n) is 8.06. The molecule has 1 heterocycles. The third-order valence-corrected chi connectivity index (χ3v) is 8.29. The zero-order chi connectivity index (χ0) is 23.2. The molecule has 1 N–H and O–H groups in total. The van der Waals surface area contributed by atoms with Crippen LogP contribution in [-0.4, -0.2) is 36.7 Å². The van der Waals surface area contributed by atoms with Gasteiger partial charge in [-0.1, -0.05) is 23.7 Å². The standard InChI is InChI=1S/C28H32ClNO3/c1-3-26(32)23-9-6-21(23)15-30-16-28(12-4-5-20-13-22(29)8-10-24(20)28)17-33-27-11-7-19(18(2)31)14-25(27)30/h3,7-8,10-11,13-14,21,23,26,32H,1,4-6,9,12,15-17H2,2H3/t21-,23+,26-,28-/m0/s1. The normalized spacial score (nSPS) is 26.9. The van der Waals surface area contributed by atoms with Gasteiger partial charge in [0, 0.05) is 29.1 Å². The predicted octanol–water partition coefficient (Wildman–Crippen LogP) is 5.59. The van der Waals surface area contributed by atoms with Crippen molar-refractivity contribution in [2.45, 2.75) is 50.5 Å². The number of hydrogen-bond donors (Lipinski definition) is 1. The maximum atomic E-state index is 12.2. The Morgan fingerprint density at radius 2 is 2.18 bits per heavy atom. The van der Waals surface area contributed by atoms with Crippen LogP contribution in [0.3, 0.4) is 0 Å². The van der Waals surface area contributed by atoms with E-state index in [1.165, 1.54) is 11.1 Å². The maximum Gasteiger partial charge on any atom is 0.159 e. The summed E-state index contributed by atoms with van der Waals surface area (Å²) in [5.41, 5.74) is 4.20. The lowest BCUT2D eigenvalue weighted by molar-refractivity contribution is 0.0460. The van der Waals surface area contributed by atoms with E-state index in [9.17, 15) is 9.90 Å². The summed E-state index contributed by atoms with van der Waals surface area (Å²) >= 11 is 6.33. The number of aliphatic hydroxyl groups is 1. The van der Waals surface area contributed by atoms with Crippen LogP contribution in [0.15, 0.2) is 49.1 Å². The molecular weight excluding hydrogens is 434 g/mol. The number of aliphatic hydroxyl groups excluding tert-OH is 1. The number of rotatable bonds is 5. The molecule has 1 saturated carbocycles. The average molecular weight is 466 g/mol. The van der Waals surface area contributed by atoms with Gasteiger partial charge in [0.25, 0.3) is 0 Å². The number of aryl methyl sites for hydroxylation is 1. The number of Topliss-reactive ketones (excluding diaryl/α,β-unsaturated/α-hetero) is 1. The largest absolute Gasteiger partial charge is 0.490 e. The zero-order valence-corrected chi connectivity index (χ0v) is 20.0. The van der Waals surface area contributed by atoms with Crippen LogP contribution < -0.4 is 9.64 Å². The summed E-state index contributed by atoms with van der Waals surface area (Å²) < 4.78 is 6.47. The first kappa shape index (κ1) is 22.5. The van der Waals surface area contributed by atoms with E-state index in [0.717, 1.165) is 61.7 Å². The van der Waals surface area contributed by atoms with E-state index in [0.29, 0.717) is 18.1 Å². The van der Waals surface area contributed by atoms with Crippen LogP contribution in [0.5, 0.6) is 5.75 Å². The van der Waals surface area contributed by atoms with Crippen molar-refractivity contribution in [1.82, 2.24) is 0 Å². The van der Waals surface area contributed by atoms with Crippen molar-refractivity contribution in [3.05, 3.63) is 70.8 Å². The van der Waals surface area contributed by atoms with Crippen LogP contribution >= 0.6 is 11.6 Å². The number of anilines is 1. The van der Waals surface area contributed by atoms with E-state index < -0.39 is 6.10 Å². The Morgan fingerprint density at radius 3 is 2.91 bits per heavy atom. The van der Waals surface area contributed by atoms with Gasteiger partial charge in [-0.2, -0.15) is 0 Å². The molecule has 0 saturated heterocycles. The monoisotopic (exact) mass is 465 g/mol. The molecule has 1 spiro atoms.